The number of hydrogen-bond acceptors (Lipinski definition) is 3. The number of rotatable bonds is 3. The normalized spacial score (nSPS) is 16.1. The van der Waals surface area contributed by atoms with E-state index in [2.05, 4.69) is 11.0 Å². The van der Waals surface area contributed by atoms with E-state index >= 15 is 0 Å². The van der Waals surface area contributed by atoms with Crippen LogP contribution in [0.4, 0.5) is 5.69 Å². The predicted octanol–water partition coefficient (Wildman–Crippen LogP) is 2.44. The molecule has 0 fully saturated rings. The molecule has 1 aliphatic heterocycles. The lowest BCUT2D eigenvalue weighted by Crippen LogP contribution is -2.31. The second-order valence-electron chi connectivity index (χ2n) is 5.22. The summed E-state index contributed by atoms with van der Waals surface area (Å²) in [6.07, 6.45) is 1.79. The van der Waals surface area contributed by atoms with Crippen molar-refractivity contribution in [1.82, 2.24) is 0 Å². The summed E-state index contributed by atoms with van der Waals surface area (Å²) >= 11 is 0. The molecule has 0 saturated heterocycles. The molecule has 1 N–H and O–H groups in total. The molecular weight excluding hydrogens is 214 g/mol. The van der Waals surface area contributed by atoms with Crippen molar-refractivity contribution in [1.29, 1.82) is 0 Å². The highest BCUT2D eigenvalue weighted by molar-refractivity contribution is 5.58. The molecule has 0 atom stereocenters. The van der Waals surface area contributed by atoms with Crippen molar-refractivity contribution < 1.29 is 9.84 Å². The van der Waals surface area contributed by atoms with Crippen molar-refractivity contribution in [2.24, 2.45) is 0 Å². The summed E-state index contributed by atoms with van der Waals surface area (Å²) in [5.74, 6) is 0.959. The van der Waals surface area contributed by atoms with E-state index in [1.54, 1.807) is 0 Å². The van der Waals surface area contributed by atoms with Gasteiger partial charge in [0.25, 0.3) is 0 Å². The molecule has 0 unspecified atom stereocenters. The molecule has 0 spiro atoms. The van der Waals surface area contributed by atoms with Crippen molar-refractivity contribution in [3.63, 3.8) is 0 Å². The quantitative estimate of drug-likeness (QED) is 0.873. The number of para-hydroxylation sites is 2. The Morgan fingerprint density at radius 2 is 2.12 bits per heavy atom. The molecule has 1 aromatic rings. The number of fused-ring (bicyclic) bond motifs is 1. The molecule has 0 saturated carbocycles. The zero-order valence-corrected chi connectivity index (χ0v) is 10.6. The van der Waals surface area contributed by atoms with E-state index in [1.165, 1.54) is 0 Å². The van der Waals surface area contributed by atoms with Crippen molar-refractivity contribution >= 4 is 5.69 Å². The first-order valence-electron chi connectivity index (χ1n) is 6.25. The van der Waals surface area contributed by atoms with Crippen LogP contribution >= 0.6 is 0 Å². The summed E-state index contributed by atoms with van der Waals surface area (Å²) in [7, 11) is 0. The van der Waals surface area contributed by atoms with Gasteiger partial charge >= 0.3 is 0 Å². The fourth-order valence-electron chi connectivity index (χ4n) is 2.04. The van der Waals surface area contributed by atoms with E-state index in [4.69, 9.17) is 4.74 Å². The van der Waals surface area contributed by atoms with Gasteiger partial charge in [-0.1, -0.05) is 12.1 Å². The van der Waals surface area contributed by atoms with Crippen molar-refractivity contribution in [3.05, 3.63) is 24.3 Å². The van der Waals surface area contributed by atoms with Crippen molar-refractivity contribution in [3.8, 4) is 5.75 Å². The first-order chi connectivity index (χ1) is 8.06. The third kappa shape index (κ3) is 3.37. The maximum atomic E-state index is 9.81. The zero-order valence-electron chi connectivity index (χ0n) is 10.6. The number of aliphatic hydroxyl groups is 1. The fourth-order valence-corrected chi connectivity index (χ4v) is 2.04. The Balaban J connectivity index is 2.12. The molecule has 0 aromatic heterocycles. The van der Waals surface area contributed by atoms with Crippen LogP contribution < -0.4 is 9.64 Å². The average Bonchev–Trinajstić information content (AvgIpc) is 2.47. The molecule has 0 amide bonds. The molecule has 0 aliphatic carbocycles. The fraction of sp³-hybridized carbons (Fsp3) is 0.571. The van der Waals surface area contributed by atoms with Crippen molar-refractivity contribution in [2.45, 2.75) is 32.3 Å². The highest BCUT2D eigenvalue weighted by atomic mass is 16.5. The van der Waals surface area contributed by atoms with Gasteiger partial charge < -0.3 is 14.7 Å². The number of benzene rings is 1. The van der Waals surface area contributed by atoms with Gasteiger partial charge in [0, 0.05) is 13.1 Å². The molecule has 94 valence electrons. The van der Waals surface area contributed by atoms with Gasteiger partial charge in [0.15, 0.2) is 0 Å². The minimum absolute atomic E-state index is 0.609. The number of hydrogen-bond donors (Lipinski definition) is 1. The van der Waals surface area contributed by atoms with Crippen LogP contribution in [0.15, 0.2) is 24.3 Å². The van der Waals surface area contributed by atoms with Gasteiger partial charge in [-0.2, -0.15) is 0 Å². The first-order valence-corrected chi connectivity index (χ1v) is 6.25. The first kappa shape index (κ1) is 12.2. The Kier molecular flexibility index (Phi) is 3.57. The summed E-state index contributed by atoms with van der Waals surface area (Å²) in [4.78, 5) is 2.31. The minimum atomic E-state index is -0.609. The lowest BCUT2D eigenvalue weighted by atomic mass is 10.1. The summed E-state index contributed by atoms with van der Waals surface area (Å²) in [5.41, 5.74) is 0.538. The maximum Gasteiger partial charge on any atom is 0.142 e. The third-order valence-corrected chi connectivity index (χ3v) is 3.03. The lowest BCUT2D eigenvalue weighted by molar-refractivity contribution is 0.0731. The van der Waals surface area contributed by atoms with E-state index in [0.717, 1.165) is 44.0 Å². The monoisotopic (exact) mass is 235 g/mol. The Labute approximate surface area is 103 Å². The summed E-state index contributed by atoms with van der Waals surface area (Å²) in [6, 6.07) is 8.13. The average molecular weight is 235 g/mol. The van der Waals surface area contributed by atoms with Gasteiger partial charge in [-0.15, -0.1) is 0 Å². The smallest absolute Gasteiger partial charge is 0.142 e. The highest BCUT2D eigenvalue weighted by Gasteiger charge is 2.19. The Morgan fingerprint density at radius 1 is 1.35 bits per heavy atom. The molecule has 0 bridgehead atoms. The van der Waals surface area contributed by atoms with E-state index in [9.17, 15) is 5.11 Å². The third-order valence-electron chi connectivity index (χ3n) is 3.03. The van der Waals surface area contributed by atoms with Crippen LogP contribution in [0.2, 0.25) is 0 Å². The van der Waals surface area contributed by atoms with Gasteiger partial charge in [-0.05, 0) is 38.8 Å². The number of anilines is 1. The van der Waals surface area contributed by atoms with E-state index in [1.807, 2.05) is 32.0 Å². The van der Waals surface area contributed by atoms with Crippen LogP contribution in [0.3, 0.4) is 0 Å². The highest BCUT2D eigenvalue weighted by Crippen LogP contribution is 2.30. The van der Waals surface area contributed by atoms with Crippen LogP contribution in [-0.4, -0.2) is 30.4 Å². The molecule has 1 heterocycles. The van der Waals surface area contributed by atoms with Crippen LogP contribution in [0.25, 0.3) is 0 Å². The maximum absolute atomic E-state index is 9.81. The molecule has 1 aromatic carbocycles. The molecule has 3 nitrogen and oxygen atoms in total. The number of ether oxygens (including phenoxy) is 1. The van der Waals surface area contributed by atoms with Gasteiger partial charge in [-0.25, -0.2) is 0 Å². The van der Waals surface area contributed by atoms with E-state index in [-0.39, 0.29) is 0 Å². The molecule has 17 heavy (non-hydrogen) atoms. The summed E-state index contributed by atoms with van der Waals surface area (Å²) in [6.45, 7) is 6.34. The zero-order chi connectivity index (χ0) is 12.3. The topological polar surface area (TPSA) is 32.7 Å². The van der Waals surface area contributed by atoms with Gasteiger partial charge in [-0.3, -0.25) is 0 Å². The molecule has 2 rings (SSSR count). The van der Waals surface area contributed by atoms with Gasteiger partial charge in [0.1, 0.15) is 5.75 Å². The Morgan fingerprint density at radius 3 is 2.88 bits per heavy atom. The Hall–Kier alpha value is -1.22. The SMILES string of the molecule is CC(C)(O)CCN1CCCOc2ccccc21. The molecule has 3 heteroatoms. The minimum Gasteiger partial charge on any atom is -0.491 e. The standard InChI is InChI=1S/C14H21NO2/c1-14(2,16)8-10-15-9-5-11-17-13-7-4-3-6-12(13)15/h3-4,6-7,16H,5,8-11H2,1-2H3. The summed E-state index contributed by atoms with van der Waals surface area (Å²) < 4.78 is 5.71. The van der Waals surface area contributed by atoms with Crippen LogP contribution in [-0.2, 0) is 0 Å². The second kappa shape index (κ2) is 4.96. The largest absolute Gasteiger partial charge is 0.491 e. The lowest BCUT2D eigenvalue weighted by Gasteiger charge is -2.27. The van der Waals surface area contributed by atoms with Gasteiger partial charge in [0.05, 0.1) is 17.9 Å². The molecular formula is C14H21NO2. The van der Waals surface area contributed by atoms with E-state index < -0.39 is 5.60 Å². The van der Waals surface area contributed by atoms with Crippen molar-refractivity contribution in [2.75, 3.05) is 24.6 Å². The molecule has 0 radical (unpaired) electrons. The second-order valence-corrected chi connectivity index (χ2v) is 5.22. The van der Waals surface area contributed by atoms with E-state index in [0.29, 0.717) is 0 Å². The number of nitrogens with zero attached hydrogens (tertiary/aromatic N) is 1. The van der Waals surface area contributed by atoms with Crippen LogP contribution in [0.1, 0.15) is 26.7 Å². The summed E-state index contributed by atoms with van der Waals surface area (Å²) in [5, 5.41) is 9.81. The van der Waals surface area contributed by atoms with Crippen LogP contribution in [0.5, 0.6) is 5.75 Å². The molecule has 1 aliphatic rings. The van der Waals surface area contributed by atoms with Gasteiger partial charge in [0.2, 0.25) is 0 Å². The Bertz CT molecular complexity index is 371. The van der Waals surface area contributed by atoms with Crippen LogP contribution in [0, 0.1) is 0 Å². The predicted molar refractivity (Wildman–Crippen MR) is 69.7 cm³/mol.